The molecular formula is C19H29Br. The van der Waals surface area contributed by atoms with Gasteiger partial charge in [-0.3, -0.25) is 0 Å². The van der Waals surface area contributed by atoms with Crippen molar-refractivity contribution < 1.29 is 0 Å². The number of halogens is 1. The Labute approximate surface area is 133 Å². The van der Waals surface area contributed by atoms with Crippen LogP contribution in [-0.4, -0.2) is 5.33 Å². The van der Waals surface area contributed by atoms with E-state index in [-0.39, 0.29) is 0 Å². The topological polar surface area (TPSA) is 0 Å². The Balaban J connectivity index is 1.92. The molecule has 1 aromatic carbocycles. The number of alkyl halides is 1. The second-order valence-electron chi connectivity index (χ2n) is 6.88. The Hall–Kier alpha value is -0.300. The summed E-state index contributed by atoms with van der Waals surface area (Å²) in [5, 5.41) is 1.16. The van der Waals surface area contributed by atoms with E-state index in [4.69, 9.17) is 0 Å². The van der Waals surface area contributed by atoms with Gasteiger partial charge >= 0.3 is 0 Å². The summed E-state index contributed by atoms with van der Waals surface area (Å²) in [5.74, 6) is 1.00. The Morgan fingerprint density at radius 2 is 1.80 bits per heavy atom. The zero-order valence-electron chi connectivity index (χ0n) is 13.1. The van der Waals surface area contributed by atoms with Crippen molar-refractivity contribution in [3.63, 3.8) is 0 Å². The minimum atomic E-state index is 0.512. The standard InChI is InChI=1S/C19H29Br/c1-3-4-5-17-10-12-19(15-20,13-11-17)14-18-8-6-16(2)7-9-18/h6-9,17H,3-5,10-15H2,1-2H3. The van der Waals surface area contributed by atoms with Gasteiger partial charge in [0.1, 0.15) is 0 Å². The van der Waals surface area contributed by atoms with E-state index in [0.717, 1.165) is 11.2 Å². The van der Waals surface area contributed by atoms with Crippen LogP contribution >= 0.6 is 15.9 Å². The van der Waals surface area contributed by atoms with Crippen LogP contribution in [0.25, 0.3) is 0 Å². The van der Waals surface area contributed by atoms with Crippen LogP contribution in [0.15, 0.2) is 24.3 Å². The maximum absolute atomic E-state index is 3.81. The van der Waals surface area contributed by atoms with Crippen LogP contribution in [0.2, 0.25) is 0 Å². The van der Waals surface area contributed by atoms with E-state index in [1.807, 2.05) is 0 Å². The monoisotopic (exact) mass is 336 g/mol. The quantitative estimate of drug-likeness (QED) is 0.534. The average molecular weight is 337 g/mol. The van der Waals surface area contributed by atoms with Gasteiger partial charge in [-0.05, 0) is 55.9 Å². The van der Waals surface area contributed by atoms with Gasteiger partial charge in [-0.2, -0.15) is 0 Å². The van der Waals surface area contributed by atoms with E-state index in [1.165, 1.54) is 62.5 Å². The lowest BCUT2D eigenvalue weighted by Gasteiger charge is -2.39. The molecule has 0 heterocycles. The van der Waals surface area contributed by atoms with Crippen LogP contribution < -0.4 is 0 Å². The minimum absolute atomic E-state index is 0.512. The lowest BCUT2D eigenvalue weighted by atomic mass is 9.68. The van der Waals surface area contributed by atoms with E-state index in [2.05, 4.69) is 54.0 Å². The summed E-state index contributed by atoms with van der Waals surface area (Å²) in [6, 6.07) is 9.15. The summed E-state index contributed by atoms with van der Waals surface area (Å²) in [7, 11) is 0. The van der Waals surface area contributed by atoms with Gasteiger partial charge in [0.05, 0.1) is 0 Å². The van der Waals surface area contributed by atoms with Gasteiger partial charge in [-0.15, -0.1) is 0 Å². The van der Waals surface area contributed by atoms with Crippen molar-refractivity contribution in [3.05, 3.63) is 35.4 Å². The Morgan fingerprint density at radius 1 is 1.15 bits per heavy atom. The van der Waals surface area contributed by atoms with Crippen molar-refractivity contribution >= 4 is 15.9 Å². The number of unbranched alkanes of at least 4 members (excludes halogenated alkanes) is 1. The Kier molecular flexibility index (Phi) is 6.14. The summed E-state index contributed by atoms with van der Waals surface area (Å²) in [5.41, 5.74) is 3.39. The van der Waals surface area contributed by atoms with Gasteiger partial charge in [0.25, 0.3) is 0 Å². The molecule has 0 N–H and O–H groups in total. The highest BCUT2D eigenvalue weighted by Gasteiger charge is 2.34. The largest absolute Gasteiger partial charge is 0.0922 e. The second-order valence-corrected chi connectivity index (χ2v) is 7.44. The van der Waals surface area contributed by atoms with Crippen molar-refractivity contribution in [2.75, 3.05) is 5.33 Å². The summed E-state index contributed by atoms with van der Waals surface area (Å²) >= 11 is 3.81. The van der Waals surface area contributed by atoms with Gasteiger partial charge < -0.3 is 0 Å². The fourth-order valence-electron chi connectivity index (χ4n) is 3.57. The van der Waals surface area contributed by atoms with Crippen LogP contribution in [-0.2, 0) is 6.42 Å². The van der Waals surface area contributed by atoms with E-state index in [1.54, 1.807) is 0 Å². The van der Waals surface area contributed by atoms with Crippen molar-refractivity contribution in [2.45, 2.75) is 65.2 Å². The molecule has 0 radical (unpaired) electrons. The maximum Gasteiger partial charge on any atom is 0.00911 e. The average Bonchev–Trinajstić information content (AvgIpc) is 2.49. The van der Waals surface area contributed by atoms with Crippen molar-refractivity contribution in [3.8, 4) is 0 Å². The summed E-state index contributed by atoms with van der Waals surface area (Å²) in [6.07, 6.45) is 11.2. The normalized spacial score (nSPS) is 26.6. The SMILES string of the molecule is CCCCC1CCC(CBr)(Cc2ccc(C)cc2)CC1. The summed E-state index contributed by atoms with van der Waals surface area (Å²) < 4.78 is 0. The minimum Gasteiger partial charge on any atom is -0.0922 e. The van der Waals surface area contributed by atoms with E-state index in [9.17, 15) is 0 Å². The van der Waals surface area contributed by atoms with Gasteiger partial charge in [-0.1, -0.05) is 71.9 Å². The number of hydrogen-bond acceptors (Lipinski definition) is 0. The fraction of sp³-hybridized carbons (Fsp3) is 0.684. The predicted octanol–water partition coefficient (Wildman–Crippen LogP) is 6.30. The van der Waals surface area contributed by atoms with Gasteiger partial charge in [0.2, 0.25) is 0 Å². The van der Waals surface area contributed by atoms with Crippen LogP contribution in [0, 0.1) is 18.3 Å². The molecule has 2 rings (SSSR count). The third kappa shape index (κ3) is 4.35. The molecule has 1 aromatic rings. The molecule has 0 atom stereocenters. The highest BCUT2D eigenvalue weighted by atomic mass is 79.9. The number of hydrogen-bond donors (Lipinski definition) is 0. The molecule has 0 spiro atoms. The van der Waals surface area contributed by atoms with E-state index >= 15 is 0 Å². The molecule has 1 fully saturated rings. The van der Waals surface area contributed by atoms with Crippen molar-refractivity contribution in [2.24, 2.45) is 11.3 Å². The molecule has 0 amide bonds. The zero-order valence-corrected chi connectivity index (χ0v) is 14.7. The zero-order chi connectivity index (χ0) is 14.4. The molecule has 1 heteroatoms. The van der Waals surface area contributed by atoms with Crippen LogP contribution in [0.1, 0.15) is 63.0 Å². The predicted molar refractivity (Wildman–Crippen MR) is 92.6 cm³/mol. The van der Waals surface area contributed by atoms with Crippen molar-refractivity contribution in [1.82, 2.24) is 0 Å². The number of benzene rings is 1. The first-order valence-corrected chi connectivity index (χ1v) is 9.41. The first-order chi connectivity index (χ1) is 9.67. The molecule has 1 saturated carbocycles. The van der Waals surface area contributed by atoms with Gasteiger partial charge in [0.15, 0.2) is 0 Å². The molecule has 1 aliphatic carbocycles. The number of rotatable bonds is 6. The van der Waals surface area contributed by atoms with Crippen LogP contribution in [0.4, 0.5) is 0 Å². The molecule has 0 aromatic heterocycles. The molecule has 20 heavy (non-hydrogen) atoms. The maximum atomic E-state index is 3.81. The highest BCUT2D eigenvalue weighted by Crippen LogP contribution is 2.44. The van der Waals surface area contributed by atoms with Gasteiger partial charge in [-0.25, -0.2) is 0 Å². The molecule has 0 saturated heterocycles. The fourth-order valence-corrected chi connectivity index (χ4v) is 4.33. The third-order valence-corrected chi connectivity index (χ3v) is 6.30. The molecule has 112 valence electrons. The third-order valence-electron chi connectivity index (χ3n) is 5.11. The molecular weight excluding hydrogens is 308 g/mol. The lowest BCUT2D eigenvalue weighted by molar-refractivity contribution is 0.168. The van der Waals surface area contributed by atoms with Crippen LogP contribution in [0.3, 0.4) is 0 Å². The first kappa shape index (κ1) is 16.1. The Morgan fingerprint density at radius 3 is 2.35 bits per heavy atom. The molecule has 1 aliphatic rings. The van der Waals surface area contributed by atoms with E-state index in [0.29, 0.717) is 5.41 Å². The van der Waals surface area contributed by atoms with Gasteiger partial charge in [0, 0.05) is 5.33 Å². The molecule has 0 nitrogen and oxygen atoms in total. The van der Waals surface area contributed by atoms with E-state index < -0.39 is 0 Å². The molecule has 0 bridgehead atoms. The molecule has 0 unspecified atom stereocenters. The summed E-state index contributed by atoms with van der Waals surface area (Å²) in [4.78, 5) is 0. The highest BCUT2D eigenvalue weighted by molar-refractivity contribution is 9.09. The second kappa shape index (κ2) is 7.64. The van der Waals surface area contributed by atoms with Crippen molar-refractivity contribution in [1.29, 1.82) is 0 Å². The number of aryl methyl sites for hydroxylation is 1. The summed E-state index contributed by atoms with van der Waals surface area (Å²) in [6.45, 7) is 4.48. The lowest BCUT2D eigenvalue weighted by Crippen LogP contribution is -2.31. The van der Waals surface area contributed by atoms with Crippen LogP contribution in [0.5, 0.6) is 0 Å². The molecule has 0 aliphatic heterocycles. The Bertz CT molecular complexity index is 385. The smallest absolute Gasteiger partial charge is 0.00911 e. The first-order valence-electron chi connectivity index (χ1n) is 8.29.